The van der Waals surface area contributed by atoms with Crippen molar-refractivity contribution < 1.29 is 5.11 Å². The Morgan fingerprint density at radius 2 is 2.13 bits per heavy atom. The van der Waals surface area contributed by atoms with Crippen molar-refractivity contribution in [1.82, 2.24) is 20.1 Å². The molecule has 1 heterocycles. The molecule has 1 rings (SSSR count). The molecule has 0 radical (unpaired) electrons. The first kappa shape index (κ1) is 12.1. The molecule has 86 valence electrons. The van der Waals surface area contributed by atoms with E-state index in [1.54, 1.807) is 4.68 Å². The molecule has 0 aliphatic rings. The van der Waals surface area contributed by atoms with Gasteiger partial charge in [0.15, 0.2) is 0 Å². The lowest BCUT2D eigenvalue weighted by atomic mass is 9.94. The summed E-state index contributed by atoms with van der Waals surface area (Å²) >= 11 is 0. The van der Waals surface area contributed by atoms with E-state index in [9.17, 15) is 5.11 Å². The van der Waals surface area contributed by atoms with Crippen molar-refractivity contribution in [3.05, 3.63) is 12.2 Å². The van der Waals surface area contributed by atoms with E-state index in [1.165, 1.54) is 6.33 Å². The van der Waals surface area contributed by atoms with Gasteiger partial charge >= 0.3 is 0 Å². The summed E-state index contributed by atoms with van der Waals surface area (Å²) in [6, 6.07) is 0. The molecule has 5 heteroatoms. The molecule has 0 bridgehead atoms. The second kappa shape index (κ2) is 5.23. The van der Waals surface area contributed by atoms with Crippen LogP contribution in [0.3, 0.4) is 0 Å². The number of rotatable bonds is 6. The van der Waals surface area contributed by atoms with Crippen molar-refractivity contribution >= 4 is 0 Å². The third-order valence-corrected chi connectivity index (χ3v) is 3.08. The largest absolute Gasteiger partial charge is 0.394 e. The van der Waals surface area contributed by atoms with E-state index >= 15 is 0 Å². The van der Waals surface area contributed by atoms with E-state index in [0.717, 1.165) is 18.7 Å². The van der Waals surface area contributed by atoms with Gasteiger partial charge in [-0.05, 0) is 12.8 Å². The lowest BCUT2D eigenvalue weighted by molar-refractivity contribution is 0.148. The van der Waals surface area contributed by atoms with Gasteiger partial charge in [-0.1, -0.05) is 13.8 Å². The lowest BCUT2D eigenvalue weighted by Gasteiger charge is -2.30. The fourth-order valence-electron chi connectivity index (χ4n) is 1.53. The number of hydrogen-bond acceptors (Lipinski definition) is 4. The van der Waals surface area contributed by atoms with Gasteiger partial charge in [0, 0.05) is 12.6 Å². The summed E-state index contributed by atoms with van der Waals surface area (Å²) in [7, 11) is 1.86. The summed E-state index contributed by atoms with van der Waals surface area (Å²) in [5, 5.41) is 16.7. The van der Waals surface area contributed by atoms with Crippen molar-refractivity contribution in [3.63, 3.8) is 0 Å². The van der Waals surface area contributed by atoms with Gasteiger partial charge in [0.2, 0.25) is 0 Å². The highest BCUT2D eigenvalue weighted by atomic mass is 16.3. The molecule has 0 spiro atoms. The molecule has 1 aromatic heterocycles. The smallest absolute Gasteiger partial charge is 0.140 e. The Hall–Kier alpha value is -0.940. The molecule has 0 amide bonds. The second-order valence-electron chi connectivity index (χ2n) is 3.80. The Bertz CT molecular complexity index is 285. The zero-order valence-corrected chi connectivity index (χ0v) is 9.69. The monoisotopic (exact) mass is 212 g/mol. The van der Waals surface area contributed by atoms with Gasteiger partial charge in [0.05, 0.1) is 13.2 Å². The average Bonchev–Trinajstić information content (AvgIpc) is 2.67. The van der Waals surface area contributed by atoms with Crippen molar-refractivity contribution in [3.8, 4) is 0 Å². The van der Waals surface area contributed by atoms with Crippen LogP contribution in [0, 0.1) is 0 Å². The maximum atomic E-state index is 9.37. The molecular weight excluding hydrogens is 192 g/mol. The summed E-state index contributed by atoms with van der Waals surface area (Å²) in [5.41, 5.74) is -0.189. The molecular formula is C10H20N4O. The Morgan fingerprint density at radius 1 is 1.47 bits per heavy atom. The van der Waals surface area contributed by atoms with Crippen LogP contribution in [0.15, 0.2) is 6.33 Å². The van der Waals surface area contributed by atoms with E-state index in [0.29, 0.717) is 6.54 Å². The molecule has 15 heavy (non-hydrogen) atoms. The van der Waals surface area contributed by atoms with Crippen LogP contribution in [-0.2, 0) is 13.6 Å². The zero-order valence-electron chi connectivity index (χ0n) is 9.69. The van der Waals surface area contributed by atoms with Gasteiger partial charge in [0.1, 0.15) is 12.2 Å². The third-order valence-electron chi connectivity index (χ3n) is 3.08. The SMILES string of the molecule is CCC(CC)(CO)NCc1ncnn1C. The Labute approximate surface area is 90.5 Å². The van der Waals surface area contributed by atoms with Crippen LogP contribution in [0.1, 0.15) is 32.5 Å². The maximum absolute atomic E-state index is 9.37. The van der Waals surface area contributed by atoms with Gasteiger partial charge in [-0.2, -0.15) is 5.10 Å². The van der Waals surface area contributed by atoms with E-state index in [2.05, 4.69) is 29.2 Å². The minimum atomic E-state index is -0.189. The standard InChI is InChI=1S/C10H20N4O/c1-4-10(5-2,7-15)12-6-9-11-8-13-14(9)3/h8,12,15H,4-7H2,1-3H3. The molecule has 0 aliphatic heterocycles. The number of aryl methyl sites for hydroxylation is 1. The Morgan fingerprint density at radius 3 is 2.53 bits per heavy atom. The van der Waals surface area contributed by atoms with Crippen LogP contribution in [0.2, 0.25) is 0 Å². The Kier molecular flexibility index (Phi) is 4.23. The van der Waals surface area contributed by atoms with Gasteiger partial charge in [-0.15, -0.1) is 0 Å². The van der Waals surface area contributed by atoms with Crippen LogP contribution < -0.4 is 5.32 Å². The number of aliphatic hydroxyl groups excluding tert-OH is 1. The first-order chi connectivity index (χ1) is 7.17. The topological polar surface area (TPSA) is 63.0 Å². The van der Waals surface area contributed by atoms with Crippen molar-refractivity contribution in [2.75, 3.05) is 6.61 Å². The summed E-state index contributed by atoms with van der Waals surface area (Å²) in [6.07, 6.45) is 3.34. The fourth-order valence-corrected chi connectivity index (χ4v) is 1.53. The molecule has 0 aliphatic carbocycles. The second-order valence-corrected chi connectivity index (χ2v) is 3.80. The van der Waals surface area contributed by atoms with Crippen molar-refractivity contribution in [2.45, 2.75) is 38.8 Å². The predicted molar refractivity (Wildman–Crippen MR) is 58.2 cm³/mol. The van der Waals surface area contributed by atoms with Crippen LogP contribution in [0.4, 0.5) is 0 Å². The molecule has 0 saturated carbocycles. The fraction of sp³-hybridized carbons (Fsp3) is 0.800. The quantitative estimate of drug-likeness (QED) is 0.719. The number of aliphatic hydroxyl groups is 1. The summed E-state index contributed by atoms with van der Waals surface area (Å²) in [5.74, 6) is 0.884. The summed E-state index contributed by atoms with van der Waals surface area (Å²) in [4.78, 5) is 4.13. The molecule has 0 fully saturated rings. The van der Waals surface area contributed by atoms with Gasteiger partial charge in [0.25, 0.3) is 0 Å². The third kappa shape index (κ3) is 2.76. The highest BCUT2D eigenvalue weighted by Gasteiger charge is 2.24. The first-order valence-corrected chi connectivity index (χ1v) is 5.36. The number of nitrogens with one attached hydrogen (secondary N) is 1. The lowest BCUT2D eigenvalue weighted by Crippen LogP contribution is -2.47. The van der Waals surface area contributed by atoms with Crippen LogP contribution in [0.5, 0.6) is 0 Å². The number of nitrogens with zero attached hydrogens (tertiary/aromatic N) is 3. The maximum Gasteiger partial charge on any atom is 0.140 e. The van der Waals surface area contributed by atoms with Crippen LogP contribution >= 0.6 is 0 Å². The normalized spacial score (nSPS) is 12.0. The van der Waals surface area contributed by atoms with Crippen molar-refractivity contribution in [2.24, 2.45) is 7.05 Å². The molecule has 5 nitrogen and oxygen atoms in total. The van der Waals surface area contributed by atoms with E-state index in [-0.39, 0.29) is 12.1 Å². The molecule has 0 unspecified atom stereocenters. The van der Waals surface area contributed by atoms with Crippen molar-refractivity contribution in [1.29, 1.82) is 0 Å². The molecule has 0 atom stereocenters. The zero-order chi connectivity index (χ0) is 11.3. The number of hydrogen-bond donors (Lipinski definition) is 2. The average molecular weight is 212 g/mol. The highest BCUT2D eigenvalue weighted by molar-refractivity contribution is 4.90. The minimum Gasteiger partial charge on any atom is -0.394 e. The van der Waals surface area contributed by atoms with Crippen LogP contribution in [0.25, 0.3) is 0 Å². The Balaban J connectivity index is 2.58. The molecule has 2 N–H and O–H groups in total. The van der Waals surface area contributed by atoms with E-state index in [1.807, 2.05) is 7.05 Å². The molecule has 1 aromatic rings. The van der Waals surface area contributed by atoms with Gasteiger partial charge in [-0.25, -0.2) is 4.98 Å². The summed E-state index contributed by atoms with van der Waals surface area (Å²) < 4.78 is 1.74. The summed E-state index contributed by atoms with van der Waals surface area (Å²) in [6.45, 7) is 4.93. The molecule has 0 saturated heterocycles. The highest BCUT2D eigenvalue weighted by Crippen LogP contribution is 2.14. The number of aromatic nitrogens is 3. The van der Waals surface area contributed by atoms with E-state index < -0.39 is 0 Å². The van der Waals surface area contributed by atoms with E-state index in [4.69, 9.17) is 0 Å². The minimum absolute atomic E-state index is 0.151. The first-order valence-electron chi connectivity index (χ1n) is 5.36. The van der Waals surface area contributed by atoms with Crippen LogP contribution in [-0.4, -0.2) is 32.0 Å². The molecule has 0 aromatic carbocycles. The van der Waals surface area contributed by atoms with Gasteiger partial charge in [-0.3, -0.25) is 4.68 Å². The van der Waals surface area contributed by atoms with Gasteiger partial charge < -0.3 is 10.4 Å². The predicted octanol–water partition coefficient (Wildman–Crippen LogP) is 0.456.